The summed E-state index contributed by atoms with van der Waals surface area (Å²) in [7, 11) is 1.88. The van der Waals surface area contributed by atoms with Gasteiger partial charge in [-0.1, -0.05) is 6.92 Å². The van der Waals surface area contributed by atoms with E-state index in [1.807, 2.05) is 32.5 Å². The van der Waals surface area contributed by atoms with E-state index in [0.717, 1.165) is 17.0 Å². The van der Waals surface area contributed by atoms with Gasteiger partial charge in [0.15, 0.2) is 0 Å². The third kappa shape index (κ3) is 3.67. The van der Waals surface area contributed by atoms with Gasteiger partial charge in [-0.3, -0.25) is 9.48 Å². The lowest BCUT2D eigenvalue weighted by Gasteiger charge is -2.12. The van der Waals surface area contributed by atoms with Crippen LogP contribution in [0.15, 0.2) is 10.5 Å². The number of aromatic carboxylic acids is 1. The fourth-order valence-corrected chi connectivity index (χ4v) is 2.70. The number of carbonyl (C=O) groups is 2. The Balaban J connectivity index is 1.97. The maximum Gasteiger partial charge on any atom is 0.339 e. The number of carbonyl (C=O) groups excluding carboxylic acids is 1. The van der Waals surface area contributed by atoms with Crippen molar-refractivity contribution in [2.75, 3.05) is 0 Å². The molecule has 130 valence electrons. The molecule has 1 unspecified atom stereocenters. The summed E-state index contributed by atoms with van der Waals surface area (Å²) in [6.07, 6.45) is 0.606. The minimum absolute atomic E-state index is 0.108. The van der Waals surface area contributed by atoms with Crippen LogP contribution >= 0.6 is 0 Å². The summed E-state index contributed by atoms with van der Waals surface area (Å²) in [6, 6.07) is 1.44. The topological polar surface area (TPSA) is 97.4 Å². The smallest absolute Gasteiger partial charge is 0.339 e. The van der Waals surface area contributed by atoms with Gasteiger partial charge in [0, 0.05) is 18.7 Å². The van der Waals surface area contributed by atoms with Crippen LogP contribution in [0.1, 0.15) is 45.8 Å². The SMILES string of the molecule is Cc1nn(C)c(C)c1CC(C)C(=O)NCc1cc(C(=O)O)c(C)o1. The first kappa shape index (κ1) is 17.8. The highest BCUT2D eigenvalue weighted by Crippen LogP contribution is 2.18. The molecule has 0 aliphatic rings. The summed E-state index contributed by atoms with van der Waals surface area (Å²) in [5, 5.41) is 16.2. The number of amides is 1. The number of carboxylic acids is 1. The quantitative estimate of drug-likeness (QED) is 0.844. The van der Waals surface area contributed by atoms with E-state index in [1.165, 1.54) is 6.07 Å². The molecule has 0 bridgehead atoms. The van der Waals surface area contributed by atoms with Crippen LogP contribution in [-0.4, -0.2) is 26.8 Å². The predicted octanol–water partition coefficient (Wildman–Crippen LogP) is 2.13. The Morgan fingerprint density at radius 1 is 1.38 bits per heavy atom. The molecule has 7 heteroatoms. The van der Waals surface area contributed by atoms with Crippen LogP contribution in [0, 0.1) is 26.7 Å². The average Bonchev–Trinajstić information content (AvgIpc) is 2.99. The molecule has 0 saturated heterocycles. The highest BCUT2D eigenvalue weighted by Gasteiger charge is 2.19. The molecule has 1 amide bonds. The van der Waals surface area contributed by atoms with Crippen LogP contribution in [0.3, 0.4) is 0 Å². The van der Waals surface area contributed by atoms with Gasteiger partial charge in [-0.15, -0.1) is 0 Å². The molecule has 0 aliphatic heterocycles. The summed E-state index contributed by atoms with van der Waals surface area (Å²) in [4.78, 5) is 23.3. The first-order valence-electron chi connectivity index (χ1n) is 7.80. The second kappa shape index (κ2) is 6.90. The normalized spacial score (nSPS) is 12.2. The molecule has 24 heavy (non-hydrogen) atoms. The van der Waals surface area contributed by atoms with E-state index < -0.39 is 5.97 Å². The molecule has 7 nitrogen and oxygen atoms in total. The van der Waals surface area contributed by atoms with Crippen molar-refractivity contribution in [3.05, 3.63) is 40.1 Å². The average molecular weight is 333 g/mol. The van der Waals surface area contributed by atoms with Crippen molar-refractivity contribution in [2.24, 2.45) is 13.0 Å². The van der Waals surface area contributed by atoms with Crippen LogP contribution in [0.4, 0.5) is 0 Å². The molecule has 0 aromatic carbocycles. The number of nitrogens with one attached hydrogen (secondary N) is 1. The van der Waals surface area contributed by atoms with Crippen LogP contribution in [-0.2, 0) is 24.8 Å². The number of aryl methyl sites for hydroxylation is 3. The van der Waals surface area contributed by atoms with Crippen molar-refractivity contribution in [1.29, 1.82) is 0 Å². The van der Waals surface area contributed by atoms with Gasteiger partial charge in [-0.25, -0.2) is 4.79 Å². The number of rotatable bonds is 6. The Hall–Kier alpha value is -2.57. The van der Waals surface area contributed by atoms with Gasteiger partial charge in [-0.2, -0.15) is 5.10 Å². The lowest BCUT2D eigenvalue weighted by Crippen LogP contribution is -2.30. The molecule has 0 aliphatic carbocycles. The van der Waals surface area contributed by atoms with Crippen molar-refractivity contribution < 1.29 is 19.1 Å². The van der Waals surface area contributed by atoms with Crippen molar-refractivity contribution in [3.63, 3.8) is 0 Å². The van der Waals surface area contributed by atoms with Gasteiger partial charge >= 0.3 is 5.97 Å². The monoisotopic (exact) mass is 333 g/mol. The molecule has 2 heterocycles. The number of hydrogen-bond donors (Lipinski definition) is 2. The molecule has 2 aromatic rings. The molecular weight excluding hydrogens is 310 g/mol. The van der Waals surface area contributed by atoms with Crippen molar-refractivity contribution in [3.8, 4) is 0 Å². The Bertz CT molecular complexity index is 773. The Labute approximate surface area is 140 Å². The van der Waals surface area contributed by atoms with Gasteiger partial charge in [0.05, 0.1) is 12.2 Å². The van der Waals surface area contributed by atoms with E-state index in [9.17, 15) is 9.59 Å². The van der Waals surface area contributed by atoms with Crippen LogP contribution < -0.4 is 5.32 Å². The van der Waals surface area contributed by atoms with Crippen LogP contribution in [0.5, 0.6) is 0 Å². The zero-order valence-corrected chi connectivity index (χ0v) is 14.6. The second-order valence-corrected chi connectivity index (χ2v) is 6.08. The highest BCUT2D eigenvalue weighted by atomic mass is 16.4. The van der Waals surface area contributed by atoms with Gasteiger partial charge in [0.2, 0.25) is 5.91 Å². The lowest BCUT2D eigenvalue weighted by molar-refractivity contribution is -0.124. The standard InChI is InChI=1S/C17H23N3O4/c1-9(6-14-10(2)19-20(5)11(14)3)16(21)18-8-13-7-15(17(22)23)12(4)24-13/h7,9H,6,8H2,1-5H3,(H,18,21)(H,22,23). The lowest BCUT2D eigenvalue weighted by atomic mass is 9.99. The molecule has 0 radical (unpaired) electrons. The van der Waals surface area contributed by atoms with E-state index >= 15 is 0 Å². The molecule has 2 rings (SSSR count). The van der Waals surface area contributed by atoms with E-state index in [2.05, 4.69) is 10.4 Å². The maximum atomic E-state index is 12.3. The minimum atomic E-state index is -1.04. The number of furan rings is 1. The van der Waals surface area contributed by atoms with Gasteiger partial charge in [-0.05, 0) is 38.8 Å². The van der Waals surface area contributed by atoms with Crippen LogP contribution in [0.25, 0.3) is 0 Å². The number of hydrogen-bond acceptors (Lipinski definition) is 4. The number of aromatic nitrogens is 2. The van der Waals surface area contributed by atoms with E-state index in [1.54, 1.807) is 6.92 Å². The van der Waals surface area contributed by atoms with Crippen molar-refractivity contribution in [2.45, 2.75) is 40.7 Å². The molecule has 2 aromatic heterocycles. The summed E-state index contributed by atoms with van der Waals surface area (Å²) in [5.74, 6) is -0.601. The largest absolute Gasteiger partial charge is 0.478 e. The van der Waals surface area contributed by atoms with Crippen molar-refractivity contribution in [1.82, 2.24) is 15.1 Å². The molecule has 2 N–H and O–H groups in total. The Kier molecular flexibility index (Phi) is 5.11. The molecule has 0 spiro atoms. The highest BCUT2D eigenvalue weighted by molar-refractivity contribution is 5.88. The first-order chi connectivity index (χ1) is 11.2. The zero-order valence-electron chi connectivity index (χ0n) is 14.6. The molecule has 0 fully saturated rings. The molecule has 1 atom stereocenters. The molecule has 0 saturated carbocycles. The zero-order chi connectivity index (χ0) is 18.0. The maximum absolute atomic E-state index is 12.3. The number of nitrogens with zero attached hydrogens (tertiary/aromatic N) is 2. The first-order valence-corrected chi connectivity index (χ1v) is 7.80. The van der Waals surface area contributed by atoms with E-state index in [0.29, 0.717) is 17.9 Å². The summed E-state index contributed by atoms with van der Waals surface area (Å²) in [6.45, 7) is 7.54. The van der Waals surface area contributed by atoms with Crippen molar-refractivity contribution >= 4 is 11.9 Å². The third-order valence-corrected chi connectivity index (χ3v) is 4.25. The number of carboxylic acid groups (broad SMARTS) is 1. The minimum Gasteiger partial charge on any atom is -0.478 e. The summed E-state index contributed by atoms with van der Waals surface area (Å²) < 4.78 is 7.17. The van der Waals surface area contributed by atoms with Gasteiger partial charge in [0.25, 0.3) is 0 Å². The van der Waals surface area contributed by atoms with Crippen LogP contribution in [0.2, 0.25) is 0 Å². The van der Waals surface area contributed by atoms with E-state index in [4.69, 9.17) is 9.52 Å². The predicted molar refractivity (Wildman–Crippen MR) is 87.8 cm³/mol. The second-order valence-electron chi connectivity index (χ2n) is 6.08. The molecular formula is C17H23N3O4. The Morgan fingerprint density at radius 3 is 2.54 bits per heavy atom. The summed E-state index contributed by atoms with van der Waals surface area (Å²) in [5.41, 5.74) is 3.19. The summed E-state index contributed by atoms with van der Waals surface area (Å²) >= 11 is 0. The fourth-order valence-electron chi connectivity index (χ4n) is 2.70. The van der Waals surface area contributed by atoms with Gasteiger partial charge in [0.1, 0.15) is 17.1 Å². The van der Waals surface area contributed by atoms with E-state index in [-0.39, 0.29) is 23.9 Å². The third-order valence-electron chi connectivity index (χ3n) is 4.25. The van der Waals surface area contributed by atoms with Gasteiger partial charge < -0.3 is 14.8 Å². The Morgan fingerprint density at radius 2 is 2.04 bits per heavy atom. The fraction of sp³-hybridized carbons (Fsp3) is 0.471.